The van der Waals surface area contributed by atoms with Crippen molar-refractivity contribution in [2.24, 2.45) is 0 Å². The van der Waals surface area contributed by atoms with Crippen molar-refractivity contribution in [3.05, 3.63) is 0 Å². The Bertz CT molecular complexity index is 311. The molecule has 0 heterocycles. The third-order valence-electron chi connectivity index (χ3n) is 3.24. The Morgan fingerprint density at radius 3 is 2.04 bits per heavy atom. The maximum atomic E-state index is 11.6. The van der Waals surface area contributed by atoms with Crippen molar-refractivity contribution in [1.29, 1.82) is 0 Å². The summed E-state index contributed by atoms with van der Waals surface area (Å²) < 4.78 is 10.1. The van der Waals surface area contributed by atoms with Crippen LogP contribution in [0, 0.1) is 0 Å². The van der Waals surface area contributed by atoms with Gasteiger partial charge < -0.3 is 14.8 Å². The summed E-state index contributed by atoms with van der Waals surface area (Å²) in [6.07, 6.45) is 4.67. The summed E-state index contributed by atoms with van der Waals surface area (Å²) >= 11 is 0. The monoisotopic (exact) mass is 330 g/mol. The van der Waals surface area contributed by atoms with Crippen LogP contribution in [0.4, 0.5) is 0 Å². The van der Waals surface area contributed by atoms with Crippen molar-refractivity contribution in [3.63, 3.8) is 0 Å². The highest BCUT2D eigenvalue weighted by molar-refractivity contribution is 5.69. The summed E-state index contributed by atoms with van der Waals surface area (Å²) in [6.45, 7) is 9.95. The highest BCUT2D eigenvalue weighted by atomic mass is 16.5. The van der Waals surface area contributed by atoms with Gasteiger partial charge in [-0.2, -0.15) is 0 Å². The molecule has 0 aliphatic heterocycles. The first-order chi connectivity index (χ1) is 11.1. The lowest BCUT2D eigenvalue weighted by Gasteiger charge is -2.22. The number of rotatable bonds is 15. The molecule has 23 heavy (non-hydrogen) atoms. The quantitative estimate of drug-likeness (QED) is 0.282. The standard InChI is InChI=1S/C17H34N2O4/c1-4-7-11-19(12-9-17(21)23-14-6-3)15-18-10-8-16(20)22-13-5-2/h18H,4-15H2,1-3H3. The number of ether oxygens (including phenoxy) is 2. The Balaban J connectivity index is 3.90. The number of esters is 2. The predicted octanol–water partition coefficient (Wildman–Crippen LogP) is 2.32. The molecule has 1 N–H and O–H groups in total. The Morgan fingerprint density at radius 1 is 0.870 bits per heavy atom. The van der Waals surface area contributed by atoms with Crippen molar-refractivity contribution in [1.82, 2.24) is 10.2 Å². The van der Waals surface area contributed by atoms with Crippen LogP contribution in [0.25, 0.3) is 0 Å². The van der Waals surface area contributed by atoms with Gasteiger partial charge in [-0.25, -0.2) is 0 Å². The summed E-state index contributed by atoms with van der Waals surface area (Å²) in [6, 6.07) is 0. The number of unbranched alkanes of at least 4 members (excludes halogenated alkanes) is 1. The number of nitrogens with zero attached hydrogens (tertiary/aromatic N) is 1. The summed E-state index contributed by atoms with van der Waals surface area (Å²) in [5, 5.41) is 3.24. The zero-order chi connectivity index (χ0) is 17.3. The first-order valence-corrected chi connectivity index (χ1v) is 8.88. The first kappa shape index (κ1) is 21.9. The number of nitrogens with one attached hydrogen (secondary N) is 1. The van der Waals surface area contributed by atoms with Gasteiger partial charge in [0.05, 0.1) is 26.1 Å². The number of hydrogen-bond acceptors (Lipinski definition) is 6. The normalized spacial score (nSPS) is 10.8. The number of carbonyl (C=O) groups is 2. The molecule has 0 saturated heterocycles. The molecule has 6 heteroatoms. The van der Waals surface area contributed by atoms with Crippen molar-refractivity contribution in [2.45, 2.75) is 59.3 Å². The van der Waals surface area contributed by atoms with Gasteiger partial charge in [-0.1, -0.05) is 27.2 Å². The van der Waals surface area contributed by atoms with E-state index in [0.717, 1.165) is 32.2 Å². The van der Waals surface area contributed by atoms with E-state index < -0.39 is 0 Å². The molecule has 0 aromatic rings. The van der Waals surface area contributed by atoms with Crippen LogP contribution < -0.4 is 5.32 Å². The molecule has 0 spiro atoms. The van der Waals surface area contributed by atoms with Gasteiger partial charge >= 0.3 is 11.9 Å². The van der Waals surface area contributed by atoms with E-state index in [2.05, 4.69) is 17.1 Å². The van der Waals surface area contributed by atoms with Gasteiger partial charge in [-0.05, 0) is 25.8 Å². The fraction of sp³-hybridized carbons (Fsp3) is 0.882. The van der Waals surface area contributed by atoms with E-state index in [0.29, 0.717) is 45.8 Å². The van der Waals surface area contributed by atoms with Crippen molar-refractivity contribution < 1.29 is 19.1 Å². The molecule has 0 atom stereocenters. The number of hydrogen-bond donors (Lipinski definition) is 1. The molecule has 0 radical (unpaired) electrons. The van der Waals surface area contributed by atoms with E-state index in [1.165, 1.54) is 0 Å². The Hall–Kier alpha value is -1.14. The van der Waals surface area contributed by atoms with Crippen molar-refractivity contribution in [2.75, 3.05) is 39.5 Å². The molecular formula is C17H34N2O4. The van der Waals surface area contributed by atoms with Crippen LogP contribution in [0.15, 0.2) is 0 Å². The van der Waals surface area contributed by atoms with Crippen LogP contribution in [-0.4, -0.2) is 56.4 Å². The number of carbonyl (C=O) groups excluding carboxylic acids is 2. The summed E-state index contributed by atoms with van der Waals surface area (Å²) in [4.78, 5) is 25.2. The average Bonchev–Trinajstić information content (AvgIpc) is 2.56. The van der Waals surface area contributed by atoms with Crippen LogP contribution in [0.5, 0.6) is 0 Å². The van der Waals surface area contributed by atoms with Crippen LogP contribution in [0.3, 0.4) is 0 Å². The topological polar surface area (TPSA) is 67.9 Å². The molecule has 0 aromatic carbocycles. The Kier molecular flexibility index (Phi) is 15.0. The first-order valence-electron chi connectivity index (χ1n) is 8.88. The SMILES string of the molecule is CCCCN(CCC(=O)OCCC)CNCCC(=O)OCCC. The van der Waals surface area contributed by atoms with Gasteiger partial charge in [0.1, 0.15) is 0 Å². The van der Waals surface area contributed by atoms with E-state index in [-0.39, 0.29) is 11.9 Å². The fourth-order valence-corrected chi connectivity index (χ4v) is 1.90. The zero-order valence-corrected chi connectivity index (χ0v) is 15.1. The molecule has 0 aliphatic rings. The lowest BCUT2D eigenvalue weighted by molar-refractivity contribution is -0.144. The van der Waals surface area contributed by atoms with E-state index in [1.807, 2.05) is 13.8 Å². The van der Waals surface area contributed by atoms with Crippen molar-refractivity contribution >= 4 is 11.9 Å². The van der Waals surface area contributed by atoms with Crippen LogP contribution in [-0.2, 0) is 19.1 Å². The predicted molar refractivity (Wildman–Crippen MR) is 91.1 cm³/mol. The highest BCUT2D eigenvalue weighted by Crippen LogP contribution is 1.98. The average molecular weight is 330 g/mol. The Morgan fingerprint density at radius 2 is 1.48 bits per heavy atom. The minimum absolute atomic E-state index is 0.142. The van der Waals surface area contributed by atoms with Crippen LogP contribution >= 0.6 is 0 Å². The highest BCUT2D eigenvalue weighted by Gasteiger charge is 2.09. The lowest BCUT2D eigenvalue weighted by atomic mass is 10.3. The van der Waals surface area contributed by atoms with E-state index >= 15 is 0 Å². The van der Waals surface area contributed by atoms with Crippen LogP contribution in [0.1, 0.15) is 59.3 Å². The summed E-state index contributed by atoms with van der Waals surface area (Å²) in [5.74, 6) is -0.306. The molecule has 0 rings (SSSR count). The summed E-state index contributed by atoms with van der Waals surface area (Å²) in [5.41, 5.74) is 0. The molecule has 0 fully saturated rings. The van der Waals surface area contributed by atoms with Gasteiger partial charge in [0.15, 0.2) is 0 Å². The molecular weight excluding hydrogens is 296 g/mol. The molecule has 0 amide bonds. The minimum atomic E-state index is -0.164. The third-order valence-corrected chi connectivity index (χ3v) is 3.24. The van der Waals surface area contributed by atoms with Gasteiger partial charge in [-0.15, -0.1) is 0 Å². The minimum Gasteiger partial charge on any atom is -0.466 e. The zero-order valence-electron chi connectivity index (χ0n) is 15.1. The molecule has 0 unspecified atom stereocenters. The molecule has 0 aromatic heterocycles. The maximum absolute atomic E-state index is 11.6. The largest absolute Gasteiger partial charge is 0.466 e. The lowest BCUT2D eigenvalue weighted by Crippen LogP contribution is -2.37. The van der Waals surface area contributed by atoms with Gasteiger partial charge in [-0.3, -0.25) is 14.5 Å². The van der Waals surface area contributed by atoms with Gasteiger partial charge in [0.2, 0.25) is 0 Å². The van der Waals surface area contributed by atoms with E-state index in [9.17, 15) is 9.59 Å². The molecule has 0 aliphatic carbocycles. The molecule has 0 saturated carbocycles. The smallest absolute Gasteiger partial charge is 0.307 e. The van der Waals surface area contributed by atoms with E-state index in [4.69, 9.17) is 9.47 Å². The maximum Gasteiger partial charge on any atom is 0.307 e. The molecule has 0 bridgehead atoms. The second kappa shape index (κ2) is 15.7. The molecule has 6 nitrogen and oxygen atoms in total. The fourth-order valence-electron chi connectivity index (χ4n) is 1.90. The second-order valence-electron chi connectivity index (χ2n) is 5.57. The third kappa shape index (κ3) is 14.2. The van der Waals surface area contributed by atoms with E-state index in [1.54, 1.807) is 0 Å². The second-order valence-corrected chi connectivity index (χ2v) is 5.57. The van der Waals surface area contributed by atoms with Crippen LogP contribution in [0.2, 0.25) is 0 Å². The van der Waals surface area contributed by atoms with Gasteiger partial charge in [0, 0.05) is 19.8 Å². The Labute approximate surface area is 140 Å². The summed E-state index contributed by atoms with van der Waals surface area (Å²) in [7, 11) is 0. The van der Waals surface area contributed by atoms with Crippen molar-refractivity contribution in [3.8, 4) is 0 Å². The molecule has 136 valence electrons. The van der Waals surface area contributed by atoms with Gasteiger partial charge in [0.25, 0.3) is 0 Å².